The summed E-state index contributed by atoms with van der Waals surface area (Å²) in [7, 11) is 3.61. The molecular formula is C17H28ClN3O2. The van der Waals surface area contributed by atoms with Crippen molar-refractivity contribution in [1.82, 2.24) is 10.2 Å². The van der Waals surface area contributed by atoms with Crippen molar-refractivity contribution in [3.05, 3.63) is 24.3 Å². The highest BCUT2D eigenvalue weighted by atomic mass is 35.5. The summed E-state index contributed by atoms with van der Waals surface area (Å²) in [5.41, 5.74) is 0.735. The summed E-state index contributed by atoms with van der Waals surface area (Å²) < 4.78 is 5.25. The fraction of sp³-hybridized carbons (Fsp3) is 0.588. The minimum absolute atomic E-state index is 0. The highest BCUT2D eigenvalue weighted by molar-refractivity contribution is 5.93. The summed E-state index contributed by atoms with van der Waals surface area (Å²) in [6.45, 7) is 3.55. The molecule has 0 unspecified atom stereocenters. The third-order valence-electron chi connectivity index (χ3n) is 4.26. The van der Waals surface area contributed by atoms with Crippen LogP contribution in [-0.4, -0.2) is 51.1 Å². The molecule has 5 nitrogen and oxygen atoms in total. The second-order valence-corrected chi connectivity index (χ2v) is 5.86. The number of halogens is 1. The Balaban J connectivity index is 0.00000264. The van der Waals surface area contributed by atoms with Gasteiger partial charge in [0.1, 0.15) is 5.75 Å². The first-order valence-corrected chi connectivity index (χ1v) is 8.02. The van der Waals surface area contributed by atoms with E-state index >= 15 is 0 Å². The van der Waals surface area contributed by atoms with Crippen molar-refractivity contribution in [3.63, 3.8) is 0 Å². The number of likely N-dealkylation sites (tertiary alicyclic amines) is 1. The van der Waals surface area contributed by atoms with Crippen molar-refractivity contribution in [2.45, 2.75) is 19.3 Å². The van der Waals surface area contributed by atoms with Gasteiger partial charge in [-0.2, -0.15) is 0 Å². The molecule has 0 saturated carbocycles. The van der Waals surface area contributed by atoms with Crippen molar-refractivity contribution in [1.29, 1.82) is 0 Å². The lowest BCUT2D eigenvalue weighted by Crippen LogP contribution is -2.39. The number of hydrogen-bond donors (Lipinski definition) is 2. The van der Waals surface area contributed by atoms with Gasteiger partial charge in [0.15, 0.2) is 0 Å². The lowest BCUT2D eigenvalue weighted by molar-refractivity contribution is -0.117. The van der Waals surface area contributed by atoms with Crippen LogP contribution < -0.4 is 15.4 Å². The summed E-state index contributed by atoms with van der Waals surface area (Å²) in [5, 5.41) is 6.15. The summed E-state index contributed by atoms with van der Waals surface area (Å²) in [6, 6.07) is 7.50. The summed E-state index contributed by atoms with van der Waals surface area (Å²) >= 11 is 0. The van der Waals surface area contributed by atoms with E-state index in [1.54, 1.807) is 7.11 Å². The number of carbonyl (C=O) groups excluding carboxylic acids is 1. The van der Waals surface area contributed by atoms with Crippen molar-refractivity contribution in [2.75, 3.05) is 45.7 Å². The van der Waals surface area contributed by atoms with Crippen LogP contribution in [0.5, 0.6) is 5.75 Å². The van der Waals surface area contributed by atoms with E-state index in [4.69, 9.17) is 4.74 Å². The van der Waals surface area contributed by atoms with Gasteiger partial charge in [0.25, 0.3) is 0 Å². The summed E-state index contributed by atoms with van der Waals surface area (Å²) in [4.78, 5) is 14.4. The van der Waals surface area contributed by atoms with Crippen molar-refractivity contribution >= 4 is 24.0 Å². The van der Waals surface area contributed by atoms with Gasteiger partial charge < -0.3 is 15.4 Å². The lowest BCUT2D eigenvalue weighted by Gasteiger charge is -2.31. The van der Waals surface area contributed by atoms with E-state index in [0.29, 0.717) is 12.3 Å². The van der Waals surface area contributed by atoms with Crippen LogP contribution in [0.2, 0.25) is 0 Å². The molecule has 0 atom stereocenters. The molecule has 1 aliphatic rings. The Kier molecular flexibility index (Phi) is 8.99. The molecule has 23 heavy (non-hydrogen) atoms. The fourth-order valence-corrected chi connectivity index (χ4v) is 2.92. The van der Waals surface area contributed by atoms with Gasteiger partial charge in [0, 0.05) is 0 Å². The van der Waals surface area contributed by atoms with Gasteiger partial charge in [-0.25, -0.2) is 0 Å². The number of rotatable bonds is 7. The number of carbonyl (C=O) groups is 1. The SMILES string of the molecule is CNCCC1CCN(CC(=O)Nc2ccccc2OC)CC1.Cl. The third-order valence-corrected chi connectivity index (χ3v) is 4.26. The molecule has 1 aromatic carbocycles. The van der Waals surface area contributed by atoms with Gasteiger partial charge in [-0.1, -0.05) is 12.1 Å². The zero-order valence-corrected chi connectivity index (χ0v) is 14.8. The zero-order chi connectivity index (χ0) is 15.8. The van der Waals surface area contributed by atoms with E-state index < -0.39 is 0 Å². The Morgan fingerprint density at radius 1 is 1.30 bits per heavy atom. The van der Waals surface area contributed by atoms with Crippen LogP contribution in [0.3, 0.4) is 0 Å². The standard InChI is InChI=1S/C17H27N3O2.ClH/c1-18-10-7-14-8-11-20(12-9-14)13-17(21)19-15-5-3-4-6-16(15)22-2;/h3-6,14,18H,7-13H2,1-2H3,(H,19,21);1H. The molecule has 2 rings (SSSR count). The van der Waals surface area contributed by atoms with E-state index in [1.807, 2.05) is 31.3 Å². The maximum atomic E-state index is 12.2. The average molecular weight is 342 g/mol. The average Bonchev–Trinajstić information content (AvgIpc) is 2.54. The van der Waals surface area contributed by atoms with Crippen LogP contribution in [-0.2, 0) is 4.79 Å². The van der Waals surface area contributed by atoms with E-state index in [0.717, 1.165) is 31.2 Å². The second kappa shape index (κ2) is 10.5. The quantitative estimate of drug-likeness (QED) is 0.799. The maximum Gasteiger partial charge on any atom is 0.238 e. The molecule has 0 aliphatic carbocycles. The molecule has 1 aromatic rings. The van der Waals surface area contributed by atoms with Gasteiger partial charge in [0.2, 0.25) is 5.91 Å². The lowest BCUT2D eigenvalue weighted by atomic mass is 9.93. The Morgan fingerprint density at radius 2 is 2.00 bits per heavy atom. The second-order valence-electron chi connectivity index (χ2n) is 5.86. The summed E-state index contributed by atoms with van der Waals surface area (Å²) in [6.07, 6.45) is 3.60. The molecule has 1 heterocycles. The third kappa shape index (κ3) is 6.37. The number of benzene rings is 1. The van der Waals surface area contributed by atoms with Gasteiger partial charge >= 0.3 is 0 Å². The zero-order valence-electron chi connectivity index (χ0n) is 14.0. The highest BCUT2D eigenvalue weighted by Gasteiger charge is 2.20. The number of ether oxygens (including phenoxy) is 1. The van der Waals surface area contributed by atoms with Crippen LogP contribution in [0.25, 0.3) is 0 Å². The minimum atomic E-state index is 0. The van der Waals surface area contributed by atoms with Crippen molar-refractivity contribution in [3.8, 4) is 5.75 Å². The fourth-order valence-electron chi connectivity index (χ4n) is 2.92. The van der Waals surface area contributed by atoms with Crippen LogP contribution in [0.4, 0.5) is 5.69 Å². The largest absolute Gasteiger partial charge is 0.495 e. The van der Waals surface area contributed by atoms with E-state index in [2.05, 4.69) is 15.5 Å². The first-order valence-electron chi connectivity index (χ1n) is 8.02. The first kappa shape index (κ1) is 19.7. The molecule has 6 heteroatoms. The minimum Gasteiger partial charge on any atom is -0.495 e. The molecule has 1 amide bonds. The van der Waals surface area contributed by atoms with Crippen LogP contribution >= 0.6 is 12.4 Å². The van der Waals surface area contributed by atoms with Crippen LogP contribution in [0.1, 0.15) is 19.3 Å². The number of amides is 1. The van der Waals surface area contributed by atoms with Gasteiger partial charge in [-0.3, -0.25) is 9.69 Å². The van der Waals surface area contributed by atoms with Gasteiger partial charge in [-0.15, -0.1) is 12.4 Å². The Bertz CT molecular complexity index is 477. The Morgan fingerprint density at radius 3 is 2.65 bits per heavy atom. The van der Waals surface area contributed by atoms with Crippen LogP contribution in [0, 0.1) is 5.92 Å². The molecule has 1 aliphatic heterocycles. The molecule has 1 saturated heterocycles. The number of anilines is 1. The number of nitrogens with zero attached hydrogens (tertiary/aromatic N) is 1. The molecule has 0 bridgehead atoms. The molecule has 1 fully saturated rings. The highest BCUT2D eigenvalue weighted by Crippen LogP contribution is 2.23. The predicted octanol–water partition coefficient (Wildman–Crippen LogP) is 2.38. The van der Waals surface area contributed by atoms with Gasteiger partial charge in [0.05, 0.1) is 19.3 Å². The summed E-state index contributed by atoms with van der Waals surface area (Å²) in [5.74, 6) is 1.51. The normalized spacial score (nSPS) is 15.7. The number of hydrogen-bond acceptors (Lipinski definition) is 4. The molecule has 0 spiro atoms. The number of nitrogens with one attached hydrogen (secondary N) is 2. The number of para-hydroxylation sites is 2. The number of methoxy groups -OCH3 is 1. The van der Waals surface area contributed by atoms with E-state index in [9.17, 15) is 4.79 Å². The first-order chi connectivity index (χ1) is 10.7. The smallest absolute Gasteiger partial charge is 0.238 e. The van der Waals surface area contributed by atoms with E-state index in [-0.39, 0.29) is 18.3 Å². The van der Waals surface area contributed by atoms with Crippen LogP contribution in [0.15, 0.2) is 24.3 Å². The predicted molar refractivity (Wildman–Crippen MR) is 96.6 cm³/mol. The van der Waals surface area contributed by atoms with Crippen molar-refractivity contribution in [2.24, 2.45) is 5.92 Å². The molecule has 2 N–H and O–H groups in total. The maximum absolute atomic E-state index is 12.2. The number of piperidine rings is 1. The monoisotopic (exact) mass is 341 g/mol. The van der Waals surface area contributed by atoms with Gasteiger partial charge in [-0.05, 0) is 64.0 Å². The Hall–Kier alpha value is -1.30. The molecule has 130 valence electrons. The Labute approximate surface area is 145 Å². The van der Waals surface area contributed by atoms with E-state index in [1.165, 1.54) is 19.3 Å². The molecular weight excluding hydrogens is 314 g/mol. The van der Waals surface area contributed by atoms with Crippen molar-refractivity contribution < 1.29 is 9.53 Å². The topological polar surface area (TPSA) is 53.6 Å². The molecule has 0 aromatic heterocycles. The molecule has 0 radical (unpaired) electrons.